The normalized spacial score (nSPS) is 23.8. The lowest BCUT2D eigenvalue weighted by molar-refractivity contribution is 0.0618. The maximum Gasteiger partial charge on any atom is 0.193 e. The Labute approximate surface area is 124 Å². The quantitative estimate of drug-likeness (QED) is 0.944. The van der Waals surface area contributed by atoms with Gasteiger partial charge in [-0.2, -0.15) is 0 Å². The molecule has 3 rings (SSSR count). The van der Waals surface area contributed by atoms with Crippen molar-refractivity contribution in [3.63, 3.8) is 0 Å². The third-order valence-electron chi connectivity index (χ3n) is 4.13. The summed E-state index contributed by atoms with van der Waals surface area (Å²) in [6, 6.07) is 0.586. The largest absolute Gasteiger partial charge is 0.309 e. The minimum atomic E-state index is 0.183. The summed E-state index contributed by atoms with van der Waals surface area (Å²) >= 11 is 1.70. The first-order valence-corrected chi connectivity index (χ1v) is 8.23. The fourth-order valence-electron chi connectivity index (χ4n) is 3.08. The molecule has 2 aromatic rings. The third kappa shape index (κ3) is 2.75. The van der Waals surface area contributed by atoms with Gasteiger partial charge in [-0.1, -0.05) is 13.8 Å². The van der Waals surface area contributed by atoms with Crippen molar-refractivity contribution in [3.05, 3.63) is 23.5 Å². The van der Waals surface area contributed by atoms with Gasteiger partial charge in [-0.05, 0) is 19.8 Å². The van der Waals surface area contributed by atoms with E-state index in [4.69, 9.17) is 4.98 Å². The van der Waals surface area contributed by atoms with Crippen molar-refractivity contribution >= 4 is 16.3 Å². The molecule has 0 radical (unpaired) electrons. The summed E-state index contributed by atoms with van der Waals surface area (Å²) in [4.78, 5) is 8.41. The Hall–Kier alpha value is -0.910. The Bertz CT molecular complexity index is 555. The lowest BCUT2D eigenvalue weighted by Crippen LogP contribution is -2.62. The number of thiazole rings is 1. The molecule has 0 aromatic carbocycles. The number of piperazine rings is 1. The minimum Gasteiger partial charge on any atom is -0.309 e. The number of aromatic nitrogens is 2. The van der Waals surface area contributed by atoms with Crippen molar-refractivity contribution in [2.75, 3.05) is 13.1 Å². The zero-order valence-electron chi connectivity index (χ0n) is 12.8. The molecule has 3 heterocycles. The van der Waals surface area contributed by atoms with Crippen LogP contribution in [0.15, 0.2) is 17.8 Å². The van der Waals surface area contributed by atoms with E-state index in [9.17, 15) is 0 Å². The number of hydrogen-bond acceptors (Lipinski definition) is 4. The molecule has 0 amide bonds. The van der Waals surface area contributed by atoms with Gasteiger partial charge in [0.15, 0.2) is 4.96 Å². The minimum absolute atomic E-state index is 0.183. The highest BCUT2D eigenvalue weighted by Crippen LogP contribution is 2.23. The van der Waals surface area contributed by atoms with Gasteiger partial charge in [-0.3, -0.25) is 9.30 Å². The molecule has 0 spiro atoms. The first kappa shape index (κ1) is 14.0. The van der Waals surface area contributed by atoms with Crippen molar-refractivity contribution < 1.29 is 0 Å². The Morgan fingerprint density at radius 2 is 2.30 bits per heavy atom. The molecule has 4 nitrogen and oxygen atoms in total. The summed E-state index contributed by atoms with van der Waals surface area (Å²) < 4.78 is 2.12. The molecule has 1 unspecified atom stereocenters. The molecule has 1 aliphatic heterocycles. The van der Waals surface area contributed by atoms with Crippen LogP contribution in [0, 0.1) is 5.92 Å². The number of rotatable bonds is 3. The highest BCUT2D eigenvalue weighted by atomic mass is 32.1. The van der Waals surface area contributed by atoms with Crippen LogP contribution in [-0.4, -0.2) is 39.0 Å². The van der Waals surface area contributed by atoms with E-state index < -0.39 is 0 Å². The second-order valence-corrected chi connectivity index (χ2v) is 7.68. The maximum absolute atomic E-state index is 4.73. The summed E-state index contributed by atoms with van der Waals surface area (Å²) in [5.74, 6) is 0.655. The lowest BCUT2D eigenvalue weighted by atomic mass is 9.93. The predicted octanol–water partition coefficient (Wildman–Crippen LogP) is 2.60. The zero-order chi connectivity index (χ0) is 14.3. The van der Waals surface area contributed by atoms with Crippen molar-refractivity contribution in [3.8, 4) is 0 Å². The molecule has 0 saturated carbocycles. The van der Waals surface area contributed by atoms with E-state index >= 15 is 0 Å². The topological polar surface area (TPSA) is 32.6 Å². The first-order chi connectivity index (χ1) is 9.44. The number of hydrogen-bond donors (Lipinski definition) is 1. The molecule has 1 aliphatic rings. The number of nitrogens with zero attached hydrogens (tertiary/aromatic N) is 3. The van der Waals surface area contributed by atoms with Crippen LogP contribution in [0.5, 0.6) is 0 Å². The molecule has 1 saturated heterocycles. The van der Waals surface area contributed by atoms with Gasteiger partial charge in [0.2, 0.25) is 0 Å². The second-order valence-electron chi connectivity index (χ2n) is 6.81. The van der Waals surface area contributed by atoms with E-state index in [1.807, 2.05) is 0 Å². The molecule has 0 bridgehead atoms. The van der Waals surface area contributed by atoms with Crippen LogP contribution < -0.4 is 5.32 Å². The van der Waals surface area contributed by atoms with E-state index in [2.05, 4.69) is 60.1 Å². The summed E-state index contributed by atoms with van der Waals surface area (Å²) in [6.45, 7) is 12.3. The van der Waals surface area contributed by atoms with Gasteiger partial charge in [-0.15, -0.1) is 11.3 Å². The van der Waals surface area contributed by atoms with Gasteiger partial charge >= 0.3 is 0 Å². The Morgan fingerprint density at radius 3 is 3.00 bits per heavy atom. The molecule has 2 aromatic heterocycles. The van der Waals surface area contributed by atoms with Crippen LogP contribution in [0.4, 0.5) is 0 Å². The molecule has 1 fully saturated rings. The van der Waals surface area contributed by atoms with Crippen molar-refractivity contribution in [2.24, 2.45) is 5.92 Å². The van der Waals surface area contributed by atoms with Gasteiger partial charge < -0.3 is 5.32 Å². The van der Waals surface area contributed by atoms with Crippen molar-refractivity contribution in [1.82, 2.24) is 19.6 Å². The summed E-state index contributed by atoms with van der Waals surface area (Å²) in [5.41, 5.74) is 1.36. The van der Waals surface area contributed by atoms with Gasteiger partial charge in [0.25, 0.3) is 0 Å². The second kappa shape index (κ2) is 5.13. The maximum atomic E-state index is 4.73. The van der Waals surface area contributed by atoms with E-state index in [1.165, 1.54) is 5.69 Å². The monoisotopic (exact) mass is 292 g/mol. The van der Waals surface area contributed by atoms with Crippen LogP contribution >= 0.6 is 11.3 Å². The molecule has 1 atom stereocenters. The van der Waals surface area contributed by atoms with Crippen LogP contribution in [0.3, 0.4) is 0 Å². The molecule has 5 heteroatoms. The molecule has 20 heavy (non-hydrogen) atoms. The number of nitrogens with one attached hydrogen (secondary N) is 1. The van der Waals surface area contributed by atoms with Gasteiger partial charge in [-0.25, -0.2) is 4.98 Å². The summed E-state index contributed by atoms with van der Waals surface area (Å²) in [7, 11) is 0. The average molecular weight is 292 g/mol. The third-order valence-corrected chi connectivity index (χ3v) is 4.91. The van der Waals surface area contributed by atoms with Crippen LogP contribution in [0.2, 0.25) is 0 Å². The lowest BCUT2D eigenvalue weighted by Gasteiger charge is -2.46. The fourth-order valence-corrected chi connectivity index (χ4v) is 3.80. The highest BCUT2D eigenvalue weighted by molar-refractivity contribution is 7.15. The molecule has 110 valence electrons. The molecule has 1 N–H and O–H groups in total. The van der Waals surface area contributed by atoms with Gasteiger partial charge in [0.05, 0.1) is 5.69 Å². The van der Waals surface area contributed by atoms with Gasteiger partial charge in [0, 0.05) is 49.0 Å². The Balaban J connectivity index is 1.79. The van der Waals surface area contributed by atoms with Crippen LogP contribution in [-0.2, 0) is 6.54 Å². The predicted molar refractivity (Wildman–Crippen MR) is 84.2 cm³/mol. The standard InChI is InChI=1S/C15H24N4S/c1-11(2)13-7-16-15(3,4)10-19(13)9-12-8-18-5-6-20-14(18)17-12/h5-6,8,11,13,16H,7,9-10H2,1-4H3. The fraction of sp³-hybridized carbons (Fsp3) is 0.667. The Kier molecular flexibility index (Phi) is 3.60. The Morgan fingerprint density at radius 1 is 1.50 bits per heavy atom. The van der Waals surface area contributed by atoms with Crippen molar-refractivity contribution in [1.29, 1.82) is 0 Å². The van der Waals surface area contributed by atoms with E-state index in [0.29, 0.717) is 12.0 Å². The van der Waals surface area contributed by atoms with Gasteiger partial charge in [0.1, 0.15) is 0 Å². The zero-order valence-corrected chi connectivity index (χ0v) is 13.6. The first-order valence-electron chi connectivity index (χ1n) is 7.35. The summed E-state index contributed by atoms with van der Waals surface area (Å²) in [5, 5.41) is 5.74. The van der Waals surface area contributed by atoms with Crippen molar-refractivity contribution in [2.45, 2.75) is 45.8 Å². The molecule has 0 aliphatic carbocycles. The molecular weight excluding hydrogens is 268 g/mol. The van der Waals surface area contributed by atoms with Crippen LogP contribution in [0.1, 0.15) is 33.4 Å². The van der Waals surface area contributed by atoms with E-state index in [1.54, 1.807) is 11.3 Å². The smallest absolute Gasteiger partial charge is 0.193 e. The SMILES string of the molecule is CC(C)C1CNC(C)(C)CN1Cc1cn2ccsc2n1. The number of imidazole rings is 1. The van der Waals surface area contributed by atoms with E-state index in [-0.39, 0.29) is 5.54 Å². The summed E-state index contributed by atoms with van der Waals surface area (Å²) in [6.07, 6.45) is 4.25. The highest BCUT2D eigenvalue weighted by Gasteiger charge is 2.34. The number of fused-ring (bicyclic) bond motifs is 1. The average Bonchev–Trinajstić information content (AvgIpc) is 2.87. The van der Waals surface area contributed by atoms with Crippen LogP contribution in [0.25, 0.3) is 4.96 Å². The molecular formula is C15H24N4S. The van der Waals surface area contributed by atoms with E-state index in [0.717, 1.165) is 24.6 Å².